The summed E-state index contributed by atoms with van der Waals surface area (Å²) < 4.78 is 19.6. The first-order valence-electron chi connectivity index (χ1n) is 6.63. The number of hydrogen-bond acceptors (Lipinski definition) is 4. The number of aliphatic hydroxyl groups is 1. The molecule has 1 aromatic rings. The molecular formula is C15H19FN2O2. The van der Waals surface area contributed by atoms with Crippen molar-refractivity contribution < 1.29 is 14.2 Å². The molecule has 1 unspecified atom stereocenters. The van der Waals surface area contributed by atoms with E-state index in [0.717, 1.165) is 0 Å². The van der Waals surface area contributed by atoms with Gasteiger partial charge in [-0.1, -0.05) is 6.07 Å². The maximum atomic E-state index is 13.9. The molecule has 0 saturated carbocycles. The fraction of sp³-hybridized carbons (Fsp3) is 0.533. The Morgan fingerprint density at radius 1 is 1.55 bits per heavy atom. The summed E-state index contributed by atoms with van der Waals surface area (Å²) in [7, 11) is 0. The van der Waals surface area contributed by atoms with Crippen LogP contribution in [0.2, 0.25) is 0 Å². The van der Waals surface area contributed by atoms with Crippen molar-refractivity contribution in [2.45, 2.75) is 32.1 Å². The predicted octanol–water partition coefficient (Wildman–Crippen LogP) is 1.67. The van der Waals surface area contributed by atoms with Crippen molar-refractivity contribution in [2.75, 3.05) is 19.7 Å². The second-order valence-corrected chi connectivity index (χ2v) is 5.77. The van der Waals surface area contributed by atoms with E-state index >= 15 is 0 Å². The summed E-state index contributed by atoms with van der Waals surface area (Å²) in [6.07, 6.45) is -0.250. The number of aliphatic hydroxyl groups excluding tert-OH is 1. The summed E-state index contributed by atoms with van der Waals surface area (Å²) in [6.45, 7) is 5.55. The lowest BCUT2D eigenvalue weighted by Gasteiger charge is -2.42. The quantitative estimate of drug-likeness (QED) is 0.913. The molecule has 1 aliphatic heterocycles. The first kappa shape index (κ1) is 14.9. The number of morpholine rings is 1. The molecule has 20 heavy (non-hydrogen) atoms. The van der Waals surface area contributed by atoms with Gasteiger partial charge in [0, 0.05) is 25.2 Å². The summed E-state index contributed by atoms with van der Waals surface area (Å²) >= 11 is 0. The van der Waals surface area contributed by atoms with Gasteiger partial charge in [-0.05, 0) is 26.0 Å². The average Bonchev–Trinajstić information content (AvgIpc) is 2.39. The zero-order chi connectivity index (χ0) is 14.8. The Kier molecular flexibility index (Phi) is 4.39. The molecule has 0 bridgehead atoms. The summed E-state index contributed by atoms with van der Waals surface area (Å²) in [5, 5.41) is 18.0. The van der Waals surface area contributed by atoms with Crippen molar-refractivity contribution in [2.24, 2.45) is 0 Å². The Bertz CT molecular complexity index is 525. The highest BCUT2D eigenvalue weighted by molar-refractivity contribution is 5.32. The Hall–Kier alpha value is -1.48. The Balaban J connectivity index is 2.11. The minimum Gasteiger partial charge on any atom is -0.394 e. The van der Waals surface area contributed by atoms with Gasteiger partial charge in [0.05, 0.1) is 29.9 Å². The Morgan fingerprint density at radius 2 is 2.30 bits per heavy atom. The minimum absolute atomic E-state index is 0.0459. The number of nitriles is 1. The third kappa shape index (κ3) is 3.54. The van der Waals surface area contributed by atoms with E-state index in [2.05, 4.69) is 4.90 Å². The summed E-state index contributed by atoms with van der Waals surface area (Å²) in [6, 6.07) is 6.44. The molecule has 1 aromatic carbocycles. The lowest BCUT2D eigenvalue weighted by atomic mass is 10.0. The molecule has 0 radical (unpaired) electrons. The minimum atomic E-state index is -0.367. The number of halogens is 1. The van der Waals surface area contributed by atoms with Gasteiger partial charge in [-0.3, -0.25) is 4.90 Å². The second kappa shape index (κ2) is 5.88. The van der Waals surface area contributed by atoms with Crippen LogP contribution in [0.25, 0.3) is 0 Å². The van der Waals surface area contributed by atoms with Gasteiger partial charge in [0.25, 0.3) is 0 Å². The van der Waals surface area contributed by atoms with Crippen LogP contribution in [0.4, 0.5) is 4.39 Å². The first-order valence-corrected chi connectivity index (χ1v) is 6.63. The smallest absolute Gasteiger partial charge is 0.129 e. The van der Waals surface area contributed by atoms with Crippen LogP contribution in [-0.2, 0) is 11.3 Å². The maximum Gasteiger partial charge on any atom is 0.129 e. The third-order valence-electron chi connectivity index (χ3n) is 3.33. The maximum absolute atomic E-state index is 13.9. The molecule has 0 spiro atoms. The molecule has 108 valence electrons. The van der Waals surface area contributed by atoms with Gasteiger partial charge in [-0.25, -0.2) is 4.39 Å². The van der Waals surface area contributed by atoms with Crippen LogP contribution in [0.3, 0.4) is 0 Å². The highest BCUT2D eigenvalue weighted by atomic mass is 19.1. The highest BCUT2D eigenvalue weighted by Crippen LogP contribution is 2.23. The van der Waals surface area contributed by atoms with Gasteiger partial charge in [0.15, 0.2) is 0 Å². The summed E-state index contributed by atoms with van der Waals surface area (Å²) in [5.74, 6) is -0.367. The number of nitrogens with zero attached hydrogens (tertiary/aromatic N) is 2. The summed E-state index contributed by atoms with van der Waals surface area (Å²) in [5.41, 5.74) is 0.509. The fourth-order valence-corrected chi connectivity index (χ4v) is 2.62. The van der Waals surface area contributed by atoms with E-state index in [-0.39, 0.29) is 24.1 Å². The van der Waals surface area contributed by atoms with Crippen molar-refractivity contribution in [3.8, 4) is 6.07 Å². The van der Waals surface area contributed by atoms with Gasteiger partial charge in [-0.2, -0.15) is 5.26 Å². The first-order chi connectivity index (χ1) is 9.43. The van der Waals surface area contributed by atoms with Crippen molar-refractivity contribution in [3.63, 3.8) is 0 Å². The van der Waals surface area contributed by atoms with Gasteiger partial charge < -0.3 is 9.84 Å². The van der Waals surface area contributed by atoms with E-state index in [1.165, 1.54) is 6.07 Å². The topological polar surface area (TPSA) is 56.5 Å². The van der Waals surface area contributed by atoms with Gasteiger partial charge in [-0.15, -0.1) is 0 Å². The van der Waals surface area contributed by atoms with E-state index in [4.69, 9.17) is 10.00 Å². The lowest BCUT2D eigenvalue weighted by molar-refractivity contribution is -0.150. The van der Waals surface area contributed by atoms with Crippen molar-refractivity contribution in [1.29, 1.82) is 5.26 Å². The molecule has 5 heteroatoms. The standard InChI is InChI=1S/C15H19FN2O2/c1-15(2)10-18(8-13(9-19)20-15)7-12-4-3-11(6-17)5-14(12)16/h3-5,13,19H,7-10H2,1-2H3. The van der Waals surface area contributed by atoms with Crippen molar-refractivity contribution in [1.82, 2.24) is 4.90 Å². The van der Waals surface area contributed by atoms with Crippen LogP contribution in [0.1, 0.15) is 25.0 Å². The molecule has 4 nitrogen and oxygen atoms in total. The van der Waals surface area contributed by atoms with Crippen LogP contribution in [0, 0.1) is 17.1 Å². The SMILES string of the molecule is CC1(C)CN(Cc2ccc(C#N)cc2F)CC(CO)O1. The molecule has 2 rings (SSSR count). The number of rotatable bonds is 3. The van der Waals surface area contributed by atoms with Crippen LogP contribution < -0.4 is 0 Å². The van der Waals surface area contributed by atoms with E-state index in [1.54, 1.807) is 12.1 Å². The van der Waals surface area contributed by atoms with Crippen molar-refractivity contribution >= 4 is 0 Å². The van der Waals surface area contributed by atoms with Gasteiger partial charge in [0.2, 0.25) is 0 Å². The van der Waals surface area contributed by atoms with Crippen LogP contribution in [0.15, 0.2) is 18.2 Å². The number of ether oxygens (including phenoxy) is 1. The van der Waals surface area contributed by atoms with E-state index < -0.39 is 0 Å². The monoisotopic (exact) mass is 278 g/mol. The van der Waals surface area contributed by atoms with E-state index in [1.807, 2.05) is 19.9 Å². The van der Waals surface area contributed by atoms with Crippen LogP contribution in [-0.4, -0.2) is 41.4 Å². The lowest BCUT2D eigenvalue weighted by Crippen LogP contribution is -2.53. The van der Waals surface area contributed by atoms with E-state index in [9.17, 15) is 9.50 Å². The summed E-state index contributed by atoms with van der Waals surface area (Å²) in [4.78, 5) is 2.06. The normalized spacial score (nSPS) is 22.4. The molecule has 1 aliphatic rings. The number of benzene rings is 1. The molecule has 1 atom stereocenters. The Labute approximate surface area is 118 Å². The van der Waals surface area contributed by atoms with Crippen molar-refractivity contribution in [3.05, 3.63) is 35.1 Å². The van der Waals surface area contributed by atoms with E-state index in [0.29, 0.717) is 30.8 Å². The molecule has 1 heterocycles. The molecular weight excluding hydrogens is 259 g/mol. The van der Waals surface area contributed by atoms with Gasteiger partial charge in [0.1, 0.15) is 5.82 Å². The predicted molar refractivity (Wildman–Crippen MR) is 72.4 cm³/mol. The second-order valence-electron chi connectivity index (χ2n) is 5.77. The fourth-order valence-electron chi connectivity index (χ4n) is 2.62. The molecule has 1 N–H and O–H groups in total. The zero-order valence-electron chi connectivity index (χ0n) is 11.8. The van der Waals surface area contributed by atoms with Crippen LogP contribution >= 0.6 is 0 Å². The Morgan fingerprint density at radius 3 is 2.90 bits per heavy atom. The molecule has 0 amide bonds. The van der Waals surface area contributed by atoms with Gasteiger partial charge >= 0.3 is 0 Å². The molecule has 1 saturated heterocycles. The molecule has 0 aromatic heterocycles. The third-order valence-corrected chi connectivity index (χ3v) is 3.33. The average molecular weight is 278 g/mol. The highest BCUT2D eigenvalue weighted by Gasteiger charge is 2.33. The molecule has 0 aliphatic carbocycles. The number of hydrogen-bond donors (Lipinski definition) is 1. The molecule has 1 fully saturated rings. The largest absolute Gasteiger partial charge is 0.394 e. The zero-order valence-corrected chi connectivity index (χ0v) is 11.8. The van der Waals surface area contributed by atoms with Crippen LogP contribution in [0.5, 0.6) is 0 Å².